The van der Waals surface area contributed by atoms with Crippen LogP contribution >= 0.6 is 0 Å². The van der Waals surface area contributed by atoms with Gasteiger partial charge < -0.3 is 15.9 Å². The third kappa shape index (κ3) is 4.74. The Kier molecular flexibility index (Phi) is 7.31. The number of fused-ring (bicyclic) bond motifs is 1. The van der Waals surface area contributed by atoms with Gasteiger partial charge in [0.2, 0.25) is 0 Å². The largest absolute Gasteiger partial charge is 0.404 e. The number of aromatic nitrogens is 5. The Morgan fingerprint density at radius 1 is 1.27 bits per heavy atom. The van der Waals surface area contributed by atoms with Gasteiger partial charge in [0.1, 0.15) is 0 Å². The summed E-state index contributed by atoms with van der Waals surface area (Å²) < 4.78 is 3.75. The van der Waals surface area contributed by atoms with Crippen molar-refractivity contribution in [2.24, 2.45) is 10.7 Å². The molecule has 0 aromatic carbocycles. The SMILES string of the molecule is CCC(CC)n1cc(-c2nc(C(C=NCCC(O)CO)=CN)cn3nccc23)cn1. The summed E-state index contributed by atoms with van der Waals surface area (Å²) in [6.45, 7) is 4.40. The van der Waals surface area contributed by atoms with Crippen LogP contribution in [0.4, 0.5) is 0 Å². The van der Waals surface area contributed by atoms with Crippen molar-refractivity contribution < 1.29 is 10.2 Å². The molecule has 3 aromatic heterocycles. The molecule has 30 heavy (non-hydrogen) atoms. The Labute approximate surface area is 175 Å². The van der Waals surface area contributed by atoms with E-state index in [1.165, 1.54) is 6.20 Å². The van der Waals surface area contributed by atoms with Crippen LogP contribution in [0.5, 0.6) is 0 Å². The van der Waals surface area contributed by atoms with E-state index in [0.29, 0.717) is 30.3 Å². The summed E-state index contributed by atoms with van der Waals surface area (Å²) in [6, 6.07) is 2.26. The highest BCUT2D eigenvalue weighted by atomic mass is 16.3. The molecule has 9 nitrogen and oxygen atoms in total. The quantitative estimate of drug-likeness (QED) is 0.438. The maximum Gasteiger partial charge on any atom is 0.0999 e. The second kappa shape index (κ2) is 10.1. The molecule has 0 radical (unpaired) electrons. The van der Waals surface area contributed by atoms with Gasteiger partial charge >= 0.3 is 0 Å². The molecule has 0 saturated carbocycles. The van der Waals surface area contributed by atoms with Crippen molar-refractivity contribution in [3.63, 3.8) is 0 Å². The standard InChI is InChI=1S/C21H29N7O2/c1-3-17(4-2)27-12-16(11-25-27)21-20-6-8-24-28(20)13-19(26-21)15(9-22)10-23-7-5-18(30)14-29/h6,8-13,17-18,29-30H,3-5,7,14,22H2,1-2H3. The molecule has 3 heterocycles. The fourth-order valence-electron chi connectivity index (χ4n) is 3.27. The normalized spacial score (nSPS) is 13.7. The average Bonchev–Trinajstić information content (AvgIpc) is 3.43. The van der Waals surface area contributed by atoms with Crippen molar-refractivity contribution in [1.29, 1.82) is 0 Å². The summed E-state index contributed by atoms with van der Waals surface area (Å²) in [6.07, 6.45) is 12.1. The first-order chi connectivity index (χ1) is 14.6. The topological polar surface area (TPSA) is 127 Å². The predicted octanol–water partition coefficient (Wildman–Crippen LogP) is 2.07. The smallest absolute Gasteiger partial charge is 0.0999 e. The molecule has 1 unspecified atom stereocenters. The third-order valence-corrected chi connectivity index (χ3v) is 5.09. The molecule has 1 atom stereocenters. The molecule has 9 heteroatoms. The van der Waals surface area contributed by atoms with Crippen molar-refractivity contribution in [1.82, 2.24) is 24.4 Å². The van der Waals surface area contributed by atoms with Gasteiger partial charge in [-0.15, -0.1) is 0 Å². The van der Waals surface area contributed by atoms with E-state index >= 15 is 0 Å². The minimum Gasteiger partial charge on any atom is -0.404 e. The average molecular weight is 412 g/mol. The summed E-state index contributed by atoms with van der Waals surface area (Å²) >= 11 is 0. The maximum atomic E-state index is 9.44. The molecule has 0 fully saturated rings. The lowest BCUT2D eigenvalue weighted by Crippen LogP contribution is -2.12. The third-order valence-electron chi connectivity index (χ3n) is 5.09. The van der Waals surface area contributed by atoms with E-state index in [4.69, 9.17) is 15.8 Å². The Morgan fingerprint density at radius 2 is 2.07 bits per heavy atom. The first kappa shape index (κ1) is 21.7. The second-order valence-corrected chi connectivity index (χ2v) is 7.10. The highest BCUT2D eigenvalue weighted by Crippen LogP contribution is 2.26. The van der Waals surface area contributed by atoms with E-state index in [0.717, 1.165) is 29.6 Å². The first-order valence-electron chi connectivity index (χ1n) is 10.2. The Morgan fingerprint density at radius 3 is 2.77 bits per heavy atom. The van der Waals surface area contributed by atoms with Gasteiger partial charge in [0, 0.05) is 36.3 Å². The van der Waals surface area contributed by atoms with E-state index in [1.807, 2.05) is 23.1 Å². The maximum absolute atomic E-state index is 9.44. The molecule has 0 spiro atoms. The van der Waals surface area contributed by atoms with Gasteiger partial charge in [-0.2, -0.15) is 10.2 Å². The highest BCUT2D eigenvalue weighted by Gasteiger charge is 2.15. The van der Waals surface area contributed by atoms with Crippen molar-refractivity contribution in [2.75, 3.05) is 13.2 Å². The fraction of sp³-hybridized carbons (Fsp3) is 0.429. The van der Waals surface area contributed by atoms with Crippen LogP contribution in [0.3, 0.4) is 0 Å². The van der Waals surface area contributed by atoms with Gasteiger partial charge in [0.15, 0.2) is 0 Å². The number of aliphatic imine (C=N–C) groups is 1. The van der Waals surface area contributed by atoms with Gasteiger partial charge in [-0.1, -0.05) is 13.8 Å². The van der Waals surface area contributed by atoms with Crippen LogP contribution in [0, 0.1) is 0 Å². The summed E-state index contributed by atoms with van der Waals surface area (Å²) in [4.78, 5) is 9.12. The highest BCUT2D eigenvalue weighted by molar-refractivity contribution is 6.09. The Balaban J connectivity index is 1.93. The van der Waals surface area contributed by atoms with Gasteiger partial charge in [0.25, 0.3) is 0 Å². The Bertz CT molecular complexity index is 1020. The van der Waals surface area contributed by atoms with Crippen molar-refractivity contribution in [2.45, 2.75) is 45.3 Å². The molecule has 160 valence electrons. The Hall–Kier alpha value is -3.04. The van der Waals surface area contributed by atoms with Crippen LogP contribution in [0.25, 0.3) is 22.3 Å². The first-order valence-corrected chi connectivity index (χ1v) is 10.2. The zero-order valence-electron chi connectivity index (χ0n) is 17.4. The van der Waals surface area contributed by atoms with Crippen molar-refractivity contribution in [3.8, 4) is 11.3 Å². The molecule has 0 aliphatic carbocycles. The zero-order chi connectivity index (χ0) is 21.5. The van der Waals surface area contributed by atoms with Crippen LogP contribution in [0.1, 0.15) is 44.8 Å². The molecule has 0 amide bonds. The number of rotatable bonds is 10. The molecular weight excluding hydrogens is 382 g/mol. The van der Waals surface area contributed by atoms with Crippen LogP contribution < -0.4 is 5.73 Å². The monoisotopic (exact) mass is 411 g/mol. The van der Waals surface area contributed by atoms with Gasteiger partial charge in [-0.05, 0) is 25.3 Å². The van der Waals surface area contributed by atoms with E-state index in [2.05, 4.69) is 29.0 Å². The zero-order valence-corrected chi connectivity index (χ0v) is 17.4. The molecule has 3 aromatic rings. The summed E-state index contributed by atoms with van der Waals surface area (Å²) in [7, 11) is 0. The number of hydrogen-bond donors (Lipinski definition) is 3. The molecular formula is C21H29N7O2. The number of allylic oxidation sites excluding steroid dienone is 1. The lowest BCUT2D eigenvalue weighted by molar-refractivity contribution is 0.0904. The van der Waals surface area contributed by atoms with Crippen LogP contribution in [-0.4, -0.2) is 60.1 Å². The number of aliphatic hydroxyl groups excluding tert-OH is 2. The van der Waals surface area contributed by atoms with Crippen LogP contribution in [0.2, 0.25) is 0 Å². The fourth-order valence-corrected chi connectivity index (χ4v) is 3.27. The number of aliphatic hydroxyl groups is 2. The molecule has 4 N–H and O–H groups in total. The molecule has 0 aliphatic rings. The molecule has 0 saturated heterocycles. The van der Waals surface area contributed by atoms with Crippen LogP contribution in [-0.2, 0) is 0 Å². The van der Waals surface area contributed by atoms with E-state index in [-0.39, 0.29) is 6.61 Å². The summed E-state index contributed by atoms with van der Waals surface area (Å²) in [5.74, 6) is 0. The summed E-state index contributed by atoms with van der Waals surface area (Å²) in [5.41, 5.74) is 9.66. The lowest BCUT2D eigenvalue weighted by atomic mass is 10.1. The number of nitrogens with zero attached hydrogens (tertiary/aromatic N) is 6. The van der Waals surface area contributed by atoms with Crippen molar-refractivity contribution >= 4 is 17.3 Å². The molecule has 3 rings (SSSR count). The molecule has 0 aliphatic heterocycles. The van der Waals surface area contributed by atoms with Gasteiger partial charge in [-0.25, -0.2) is 9.50 Å². The van der Waals surface area contributed by atoms with Crippen LogP contribution in [0.15, 0.2) is 42.0 Å². The lowest BCUT2D eigenvalue weighted by Gasteiger charge is -2.12. The summed E-state index contributed by atoms with van der Waals surface area (Å²) in [5, 5.41) is 27.2. The van der Waals surface area contributed by atoms with Crippen molar-refractivity contribution in [3.05, 3.63) is 42.7 Å². The molecule has 0 bridgehead atoms. The van der Waals surface area contributed by atoms with E-state index in [9.17, 15) is 5.11 Å². The minimum atomic E-state index is -0.774. The minimum absolute atomic E-state index is 0.277. The van der Waals surface area contributed by atoms with E-state index < -0.39 is 6.10 Å². The second-order valence-electron chi connectivity index (χ2n) is 7.10. The van der Waals surface area contributed by atoms with Gasteiger partial charge in [0.05, 0.1) is 54.2 Å². The van der Waals surface area contributed by atoms with E-state index in [1.54, 1.807) is 23.1 Å². The number of nitrogens with two attached hydrogens (primary N) is 1. The van der Waals surface area contributed by atoms with Gasteiger partial charge in [-0.3, -0.25) is 9.67 Å². The number of hydrogen-bond acceptors (Lipinski definition) is 7. The predicted molar refractivity (Wildman–Crippen MR) is 117 cm³/mol.